The normalized spacial score (nSPS) is 13.9. The molecule has 3 N–H and O–H groups in total. The molecule has 4 aromatic rings. The minimum atomic E-state index is -3.69. The zero-order chi connectivity index (χ0) is 28.7. The highest BCUT2D eigenvalue weighted by atomic mass is 32.2. The van der Waals surface area contributed by atoms with Crippen molar-refractivity contribution in [1.82, 2.24) is 14.9 Å². The minimum absolute atomic E-state index is 0.186. The lowest BCUT2D eigenvalue weighted by Crippen LogP contribution is -2.19. The summed E-state index contributed by atoms with van der Waals surface area (Å²) in [6.07, 6.45) is 7.27. The van der Waals surface area contributed by atoms with Gasteiger partial charge in [-0.05, 0) is 75.3 Å². The molecule has 5 rings (SSSR count). The molecule has 0 atom stereocenters. The van der Waals surface area contributed by atoms with Crippen molar-refractivity contribution in [3.63, 3.8) is 0 Å². The number of sulfonamides is 1. The molecule has 0 bridgehead atoms. The molecule has 1 aromatic heterocycles. The van der Waals surface area contributed by atoms with Crippen LogP contribution in [-0.4, -0.2) is 55.4 Å². The van der Waals surface area contributed by atoms with Crippen molar-refractivity contribution in [2.45, 2.75) is 24.7 Å². The second kappa shape index (κ2) is 12.8. The number of amides is 1. The van der Waals surface area contributed by atoms with Crippen LogP contribution in [0.15, 0.2) is 90.1 Å². The maximum Gasteiger partial charge on any atom is 0.261 e. The van der Waals surface area contributed by atoms with Crippen LogP contribution in [0.1, 0.15) is 19.8 Å². The Morgan fingerprint density at radius 3 is 2.46 bits per heavy atom. The Balaban J connectivity index is 1.33. The summed E-state index contributed by atoms with van der Waals surface area (Å²) in [5.41, 5.74) is 2.27. The van der Waals surface area contributed by atoms with Gasteiger partial charge in [-0.3, -0.25) is 14.4 Å². The van der Waals surface area contributed by atoms with Gasteiger partial charge in [0, 0.05) is 35.4 Å². The quantitative estimate of drug-likeness (QED) is 0.210. The number of hydrogen-bond donors (Lipinski definition) is 3. The predicted octanol–water partition coefficient (Wildman–Crippen LogP) is 5.16. The number of rotatable bonds is 11. The van der Waals surface area contributed by atoms with Gasteiger partial charge in [0.2, 0.25) is 5.91 Å². The molecule has 0 saturated carbocycles. The Labute approximate surface area is 239 Å². The predicted molar refractivity (Wildman–Crippen MR) is 161 cm³/mol. The molecule has 3 aromatic carbocycles. The number of fused-ring (bicyclic) bond motifs is 1. The molecule has 1 fully saturated rings. The third kappa shape index (κ3) is 7.19. The molecule has 212 valence electrons. The second-order valence-corrected chi connectivity index (χ2v) is 11.2. The lowest BCUT2D eigenvalue weighted by Gasteiger charge is -2.15. The maximum absolute atomic E-state index is 12.7. The van der Waals surface area contributed by atoms with Crippen LogP contribution in [0.25, 0.3) is 10.9 Å². The molecule has 1 aliphatic rings. The van der Waals surface area contributed by atoms with Crippen LogP contribution < -0.4 is 20.1 Å². The van der Waals surface area contributed by atoms with E-state index in [-0.39, 0.29) is 10.8 Å². The summed E-state index contributed by atoms with van der Waals surface area (Å²) in [6, 6.07) is 18.6. The Kier molecular flexibility index (Phi) is 8.76. The van der Waals surface area contributed by atoms with Gasteiger partial charge in [-0.2, -0.15) is 0 Å². The van der Waals surface area contributed by atoms with E-state index in [1.54, 1.807) is 60.7 Å². The van der Waals surface area contributed by atoms with Gasteiger partial charge in [0.15, 0.2) is 0 Å². The van der Waals surface area contributed by atoms with Crippen LogP contribution in [0.4, 0.5) is 22.9 Å². The first kappa shape index (κ1) is 28.1. The van der Waals surface area contributed by atoms with Gasteiger partial charge in [-0.25, -0.2) is 18.4 Å². The highest BCUT2D eigenvalue weighted by Gasteiger charge is 2.15. The zero-order valence-electron chi connectivity index (χ0n) is 22.7. The van der Waals surface area contributed by atoms with Crippen LogP contribution in [0.3, 0.4) is 0 Å². The zero-order valence-corrected chi connectivity index (χ0v) is 23.5. The van der Waals surface area contributed by atoms with Gasteiger partial charge in [-0.15, -0.1) is 0 Å². The third-order valence-electron chi connectivity index (χ3n) is 6.58. The fourth-order valence-electron chi connectivity index (χ4n) is 4.58. The van der Waals surface area contributed by atoms with E-state index in [0.717, 1.165) is 19.6 Å². The number of benzene rings is 3. The Morgan fingerprint density at radius 1 is 1.00 bits per heavy atom. The largest absolute Gasteiger partial charge is 0.492 e. The van der Waals surface area contributed by atoms with Crippen LogP contribution >= 0.6 is 0 Å². The lowest BCUT2D eigenvalue weighted by atomic mass is 10.1. The number of aromatic nitrogens is 2. The number of anilines is 4. The Hall–Kier alpha value is -4.48. The van der Waals surface area contributed by atoms with E-state index in [1.807, 2.05) is 13.0 Å². The number of hydrogen-bond acceptors (Lipinski definition) is 8. The van der Waals surface area contributed by atoms with E-state index in [9.17, 15) is 13.2 Å². The molecule has 0 aliphatic carbocycles. The van der Waals surface area contributed by atoms with Crippen LogP contribution in [0.2, 0.25) is 0 Å². The molecule has 0 radical (unpaired) electrons. The first-order valence-corrected chi connectivity index (χ1v) is 15.0. The van der Waals surface area contributed by atoms with E-state index >= 15 is 0 Å². The van der Waals surface area contributed by atoms with Crippen molar-refractivity contribution in [2.24, 2.45) is 0 Å². The van der Waals surface area contributed by atoms with Crippen molar-refractivity contribution in [3.8, 4) is 5.75 Å². The molecule has 2 heterocycles. The molecule has 0 unspecified atom stereocenters. The number of nitrogens with one attached hydrogen (secondary N) is 3. The second-order valence-electron chi connectivity index (χ2n) is 9.54. The highest BCUT2D eigenvalue weighted by molar-refractivity contribution is 7.92. The number of carbonyl (C=O) groups excluding carboxylic acids is 1. The fourth-order valence-corrected chi connectivity index (χ4v) is 5.66. The van der Waals surface area contributed by atoms with Crippen molar-refractivity contribution in [1.29, 1.82) is 0 Å². The summed E-state index contributed by atoms with van der Waals surface area (Å²) in [7, 11) is -3.69. The third-order valence-corrected chi connectivity index (χ3v) is 7.98. The van der Waals surface area contributed by atoms with E-state index in [4.69, 9.17) is 4.74 Å². The van der Waals surface area contributed by atoms with Gasteiger partial charge in [-0.1, -0.05) is 24.3 Å². The summed E-state index contributed by atoms with van der Waals surface area (Å²) < 4.78 is 33.6. The molecular formula is C30H32N6O4S. The average Bonchev–Trinajstić information content (AvgIpc) is 3.49. The van der Waals surface area contributed by atoms with Crippen LogP contribution in [0.5, 0.6) is 5.75 Å². The molecular weight excluding hydrogens is 540 g/mol. The molecule has 41 heavy (non-hydrogen) atoms. The molecule has 0 spiro atoms. The van der Waals surface area contributed by atoms with Gasteiger partial charge in [0.25, 0.3) is 10.0 Å². The summed E-state index contributed by atoms with van der Waals surface area (Å²) in [6.45, 7) is 5.18. The number of likely N-dealkylation sites (tertiary alicyclic amines) is 1. The van der Waals surface area contributed by atoms with Crippen molar-refractivity contribution < 1.29 is 17.9 Å². The number of ether oxygens (including phenoxy) is 1. The highest BCUT2D eigenvalue weighted by Crippen LogP contribution is 2.33. The van der Waals surface area contributed by atoms with Crippen LogP contribution in [0, 0.1) is 0 Å². The molecule has 1 amide bonds. The first-order chi connectivity index (χ1) is 19.9. The SMILES string of the molecule is CCOc1cc2ncnc(Nc3ccc(NS(=O)(=O)c4ccccc4)cc3)c2cc1NC(=O)C=CCN1CCCC1. The molecule has 10 nitrogen and oxygen atoms in total. The summed E-state index contributed by atoms with van der Waals surface area (Å²) in [4.78, 5) is 24.0. The summed E-state index contributed by atoms with van der Waals surface area (Å²) >= 11 is 0. The molecule has 11 heteroatoms. The number of nitrogens with zero attached hydrogens (tertiary/aromatic N) is 3. The van der Waals surface area contributed by atoms with Gasteiger partial charge in [0.05, 0.1) is 22.7 Å². The first-order valence-electron chi connectivity index (χ1n) is 13.5. The standard InChI is InChI=1S/C30H32N6O4S/c1-2-40-28-20-26-25(19-27(28)34-29(37)11-8-18-36-16-6-7-17-36)30(32-21-31-26)33-22-12-14-23(15-13-22)35-41(38,39)24-9-4-3-5-10-24/h3-5,8-15,19-21,35H,2,6-7,16-18H2,1H3,(H,34,37)(H,31,32,33). The van der Waals surface area contributed by atoms with Gasteiger partial charge < -0.3 is 15.4 Å². The smallest absolute Gasteiger partial charge is 0.261 e. The van der Waals surface area contributed by atoms with E-state index in [0.29, 0.717) is 46.1 Å². The topological polar surface area (TPSA) is 126 Å². The fraction of sp³-hybridized carbons (Fsp3) is 0.233. The van der Waals surface area contributed by atoms with Crippen LogP contribution in [-0.2, 0) is 14.8 Å². The molecule has 1 saturated heterocycles. The number of carbonyl (C=O) groups is 1. The maximum atomic E-state index is 12.7. The Morgan fingerprint density at radius 2 is 1.73 bits per heavy atom. The van der Waals surface area contributed by atoms with E-state index in [2.05, 4.69) is 30.2 Å². The van der Waals surface area contributed by atoms with Gasteiger partial charge >= 0.3 is 0 Å². The monoisotopic (exact) mass is 572 g/mol. The molecule has 1 aliphatic heterocycles. The van der Waals surface area contributed by atoms with Crippen molar-refractivity contribution >= 4 is 49.7 Å². The van der Waals surface area contributed by atoms with Gasteiger partial charge in [0.1, 0.15) is 17.9 Å². The van der Waals surface area contributed by atoms with E-state index < -0.39 is 10.0 Å². The van der Waals surface area contributed by atoms with Crippen molar-refractivity contribution in [3.05, 3.63) is 85.2 Å². The lowest BCUT2D eigenvalue weighted by molar-refractivity contribution is -0.111. The van der Waals surface area contributed by atoms with Crippen molar-refractivity contribution in [2.75, 3.05) is 41.6 Å². The van der Waals surface area contributed by atoms with E-state index in [1.165, 1.54) is 31.3 Å². The minimum Gasteiger partial charge on any atom is -0.492 e. The summed E-state index contributed by atoms with van der Waals surface area (Å²) in [5.74, 6) is 0.793. The Bertz CT molecular complexity index is 1640. The summed E-state index contributed by atoms with van der Waals surface area (Å²) in [5, 5.41) is 6.88. The average molecular weight is 573 g/mol.